The van der Waals surface area contributed by atoms with Gasteiger partial charge in [-0.05, 0) is 19.1 Å². The molecule has 1 amide bonds. The number of aromatic hydroxyl groups is 2. The van der Waals surface area contributed by atoms with E-state index in [1.807, 2.05) is 0 Å². The fourth-order valence-corrected chi connectivity index (χ4v) is 2.71. The number of carboxylic acid groups (broad SMARTS) is 1. The van der Waals surface area contributed by atoms with Gasteiger partial charge in [0.1, 0.15) is 17.5 Å². The van der Waals surface area contributed by atoms with Crippen molar-refractivity contribution in [1.29, 1.82) is 0 Å². The number of carbonyl (C=O) groups excluding carboxylic acids is 1. The molecule has 0 bridgehead atoms. The van der Waals surface area contributed by atoms with Crippen LogP contribution in [0.5, 0.6) is 11.5 Å². The van der Waals surface area contributed by atoms with Gasteiger partial charge in [-0.1, -0.05) is 6.07 Å². The summed E-state index contributed by atoms with van der Waals surface area (Å²) in [5.41, 5.74) is 0.294. The summed E-state index contributed by atoms with van der Waals surface area (Å²) in [4.78, 5) is 24.5. The van der Waals surface area contributed by atoms with Crippen molar-refractivity contribution in [1.82, 2.24) is 10.2 Å². The molecule has 1 aliphatic rings. The first kappa shape index (κ1) is 15.1. The lowest BCUT2D eigenvalue weighted by atomic mass is 9.99. The summed E-state index contributed by atoms with van der Waals surface area (Å²) in [6.07, 6.45) is -0.329. The van der Waals surface area contributed by atoms with Crippen LogP contribution in [0, 0.1) is 0 Å². The van der Waals surface area contributed by atoms with Crippen LogP contribution in [0.15, 0.2) is 18.2 Å². The molecule has 0 aliphatic carbocycles. The highest BCUT2D eigenvalue weighted by molar-refractivity contribution is 5.86. The number of piperazine rings is 1. The van der Waals surface area contributed by atoms with E-state index in [4.69, 9.17) is 5.11 Å². The Morgan fingerprint density at radius 3 is 2.62 bits per heavy atom. The number of rotatable bonds is 4. The molecule has 4 N–H and O–H groups in total. The molecule has 2 atom stereocenters. The summed E-state index contributed by atoms with van der Waals surface area (Å²) < 4.78 is 0. The quantitative estimate of drug-likeness (QED) is 0.641. The second-order valence-corrected chi connectivity index (χ2v) is 5.03. The number of benzene rings is 1. The molecule has 2 unspecified atom stereocenters. The average Bonchev–Trinajstić information content (AvgIpc) is 2.40. The summed E-state index contributed by atoms with van der Waals surface area (Å²) in [5.74, 6) is -1.59. The largest absolute Gasteiger partial charge is 0.507 e. The van der Waals surface area contributed by atoms with Crippen molar-refractivity contribution in [2.75, 3.05) is 13.1 Å². The van der Waals surface area contributed by atoms with Gasteiger partial charge >= 0.3 is 5.97 Å². The summed E-state index contributed by atoms with van der Waals surface area (Å²) in [6, 6.07) is 3.09. The van der Waals surface area contributed by atoms with Gasteiger partial charge in [-0.3, -0.25) is 14.5 Å². The molecular formula is C14H18N2O5. The predicted octanol–water partition coefficient (Wildman–Crippen LogP) is 0.434. The third-order valence-electron chi connectivity index (χ3n) is 3.72. The van der Waals surface area contributed by atoms with Gasteiger partial charge in [0, 0.05) is 19.1 Å². The maximum atomic E-state index is 11.9. The molecule has 7 nitrogen and oxygen atoms in total. The normalized spacial score (nSPS) is 20.8. The molecule has 0 spiro atoms. The second-order valence-electron chi connectivity index (χ2n) is 5.03. The van der Waals surface area contributed by atoms with Crippen LogP contribution >= 0.6 is 0 Å². The van der Waals surface area contributed by atoms with E-state index in [1.165, 1.54) is 18.2 Å². The SMILES string of the molecule is CC(c1c(O)cccc1O)N1CCNC(=O)C1CC(=O)O. The third-order valence-corrected chi connectivity index (χ3v) is 3.72. The lowest BCUT2D eigenvalue weighted by Gasteiger charge is -2.38. The van der Waals surface area contributed by atoms with Crippen molar-refractivity contribution >= 4 is 11.9 Å². The number of amides is 1. The van der Waals surface area contributed by atoms with Gasteiger partial charge in [0.25, 0.3) is 0 Å². The molecule has 0 saturated carbocycles. The summed E-state index contributed by atoms with van der Waals surface area (Å²) >= 11 is 0. The van der Waals surface area contributed by atoms with Gasteiger partial charge < -0.3 is 20.6 Å². The van der Waals surface area contributed by atoms with E-state index in [0.717, 1.165) is 0 Å². The topological polar surface area (TPSA) is 110 Å². The maximum absolute atomic E-state index is 11.9. The molecular weight excluding hydrogens is 276 g/mol. The van der Waals surface area contributed by atoms with E-state index in [0.29, 0.717) is 18.7 Å². The number of phenols is 2. The number of nitrogens with zero attached hydrogens (tertiary/aromatic N) is 1. The average molecular weight is 294 g/mol. The van der Waals surface area contributed by atoms with Crippen LogP contribution in [-0.4, -0.2) is 51.2 Å². The van der Waals surface area contributed by atoms with Gasteiger partial charge in [0.2, 0.25) is 5.91 Å². The Labute approximate surface area is 121 Å². The Morgan fingerprint density at radius 1 is 1.43 bits per heavy atom. The molecule has 7 heteroatoms. The van der Waals surface area contributed by atoms with Gasteiger partial charge in [0.15, 0.2) is 0 Å². The van der Waals surface area contributed by atoms with Gasteiger partial charge in [-0.25, -0.2) is 0 Å². The Balaban J connectivity index is 2.32. The van der Waals surface area contributed by atoms with Crippen LogP contribution in [0.4, 0.5) is 0 Å². The highest BCUT2D eigenvalue weighted by atomic mass is 16.4. The van der Waals surface area contributed by atoms with E-state index in [-0.39, 0.29) is 23.8 Å². The molecule has 1 aliphatic heterocycles. The zero-order valence-electron chi connectivity index (χ0n) is 11.6. The standard InChI is InChI=1S/C14H18N2O5/c1-8(13-10(17)3-2-4-11(13)18)16-6-5-15-14(21)9(16)7-12(19)20/h2-4,8-9,17-18H,5-7H2,1H3,(H,15,21)(H,19,20). The Bertz CT molecular complexity index is 540. The van der Waals surface area contributed by atoms with E-state index in [9.17, 15) is 19.8 Å². The second kappa shape index (κ2) is 6.01. The summed E-state index contributed by atoms with van der Waals surface area (Å²) in [5, 5.41) is 31.4. The first-order chi connectivity index (χ1) is 9.91. The van der Waals surface area contributed by atoms with Crippen molar-refractivity contribution in [3.63, 3.8) is 0 Å². The highest BCUT2D eigenvalue weighted by Crippen LogP contribution is 2.37. The maximum Gasteiger partial charge on any atom is 0.305 e. The van der Waals surface area contributed by atoms with Crippen molar-refractivity contribution in [2.24, 2.45) is 0 Å². The van der Waals surface area contributed by atoms with Crippen molar-refractivity contribution in [3.8, 4) is 11.5 Å². The summed E-state index contributed by atoms with van der Waals surface area (Å²) in [7, 11) is 0. The monoisotopic (exact) mass is 294 g/mol. The first-order valence-electron chi connectivity index (χ1n) is 6.68. The van der Waals surface area contributed by atoms with Crippen molar-refractivity contribution in [3.05, 3.63) is 23.8 Å². The number of phenolic OH excluding ortho intramolecular Hbond substituents is 2. The van der Waals surface area contributed by atoms with Crippen LogP contribution in [0.1, 0.15) is 24.9 Å². The minimum absolute atomic E-state index is 0.0810. The molecule has 1 aromatic carbocycles. The van der Waals surface area contributed by atoms with Crippen LogP contribution in [0.3, 0.4) is 0 Å². The highest BCUT2D eigenvalue weighted by Gasteiger charge is 2.36. The number of hydrogen-bond acceptors (Lipinski definition) is 5. The number of nitrogens with one attached hydrogen (secondary N) is 1. The lowest BCUT2D eigenvalue weighted by Crippen LogP contribution is -2.56. The molecule has 21 heavy (non-hydrogen) atoms. The molecule has 114 valence electrons. The minimum Gasteiger partial charge on any atom is -0.507 e. The summed E-state index contributed by atoms with van der Waals surface area (Å²) in [6.45, 7) is 2.56. The minimum atomic E-state index is -1.07. The number of aliphatic carboxylic acids is 1. The molecule has 1 saturated heterocycles. The fraction of sp³-hybridized carbons (Fsp3) is 0.429. The fourth-order valence-electron chi connectivity index (χ4n) is 2.71. The van der Waals surface area contributed by atoms with Gasteiger partial charge in [-0.15, -0.1) is 0 Å². The van der Waals surface area contributed by atoms with E-state index in [2.05, 4.69) is 5.32 Å². The van der Waals surface area contributed by atoms with Gasteiger partial charge in [0.05, 0.1) is 12.0 Å². The number of carboxylic acids is 1. The number of carbonyl (C=O) groups is 2. The van der Waals surface area contributed by atoms with Crippen molar-refractivity contribution in [2.45, 2.75) is 25.4 Å². The molecule has 1 aromatic rings. The molecule has 1 heterocycles. The smallest absolute Gasteiger partial charge is 0.305 e. The van der Waals surface area contributed by atoms with E-state index >= 15 is 0 Å². The lowest BCUT2D eigenvalue weighted by molar-refractivity contribution is -0.143. The Hall–Kier alpha value is -2.28. The van der Waals surface area contributed by atoms with E-state index in [1.54, 1.807) is 11.8 Å². The molecule has 2 rings (SSSR count). The van der Waals surface area contributed by atoms with Crippen molar-refractivity contribution < 1.29 is 24.9 Å². The molecule has 0 aromatic heterocycles. The van der Waals surface area contributed by atoms with Gasteiger partial charge in [-0.2, -0.15) is 0 Å². The Morgan fingerprint density at radius 2 is 2.05 bits per heavy atom. The zero-order valence-corrected chi connectivity index (χ0v) is 11.6. The molecule has 0 radical (unpaired) electrons. The zero-order chi connectivity index (χ0) is 15.6. The first-order valence-corrected chi connectivity index (χ1v) is 6.68. The predicted molar refractivity (Wildman–Crippen MR) is 73.9 cm³/mol. The number of hydrogen-bond donors (Lipinski definition) is 4. The van der Waals surface area contributed by atoms with Crippen LogP contribution in [-0.2, 0) is 9.59 Å². The van der Waals surface area contributed by atoms with Crippen LogP contribution in [0.25, 0.3) is 0 Å². The van der Waals surface area contributed by atoms with Crippen LogP contribution < -0.4 is 5.32 Å². The Kier molecular flexibility index (Phi) is 4.32. The third kappa shape index (κ3) is 3.08. The van der Waals surface area contributed by atoms with E-state index < -0.39 is 18.1 Å². The molecule has 1 fully saturated rings. The van der Waals surface area contributed by atoms with Crippen LogP contribution in [0.2, 0.25) is 0 Å².